The van der Waals surface area contributed by atoms with Crippen LogP contribution in [0.4, 0.5) is 4.39 Å². The van der Waals surface area contributed by atoms with Crippen LogP contribution in [0.2, 0.25) is 0 Å². The van der Waals surface area contributed by atoms with Gasteiger partial charge in [-0.25, -0.2) is 4.39 Å². The Bertz CT molecular complexity index is 585. The van der Waals surface area contributed by atoms with Crippen LogP contribution in [0.3, 0.4) is 0 Å². The van der Waals surface area contributed by atoms with Crippen molar-refractivity contribution in [2.24, 2.45) is 0 Å². The van der Waals surface area contributed by atoms with Crippen LogP contribution in [0.25, 0.3) is 0 Å². The molecule has 1 heterocycles. The van der Waals surface area contributed by atoms with Crippen molar-refractivity contribution < 1.29 is 4.39 Å². The second kappa shape index (κ2) is 3.56. The lowest BCUT2D eigenvalue weighted by Crippen LogP contribution is -2.07. The molecule has 0 saturated heterocycles. The van der Waals surface area contributed by atoms with E-state index in [9.17, 15) is 4.39 Å². The molecule has 0 amide bonds. The van der Waals surface area contributed by atoms with E-state index < -0.39 is 0 Å². The zero-order chi connectivity index (χ0) is 11.1. The normalized spacial score (nSPS) is 18.7. The summed E-state index contributed by atoms with van der Waals surface area (Å²) in [5, 5.41) is 0. The number of imidazole rings is 1. The van der Waals surface area contributed by atoms with Gasteiger partial charge in [0.1, 0.15) is 5.82 Å². The van der Waals surface area contributed by atoms with E-state index in [1.54, 1.807) is 6.07 Å². The van der Waals surface area contributed by atoms with Gasteiger partial charge in [0.25, 0.3) is 0 Å². The highest BCUT2D eigenvalue weighted by Crippen LogP contribution is 2.30. The molecular formula is C12H11FN2S. The number of hydrogen-bond donors (Lipinski definition) is 1. The van der Waals surface area contributed by atoms with Crippen molar-refractivity contribution >= 4 is 12.2 Å². The van der Waals surface area contributed by atoms with Gasteiger partial charge in [0, 0.05) is 18.4 Å². The quantitative estimate of drug-likeness (QED) is 0.752. The molecule has 1 aliphatic rings. The topological polar surface area (TPSA) is 20.7 Å². The average molecular weight is 234 g/mol. The molecule has 82 valence electrons. The summed E-state index contributed by atoms with van der Waals surface area (Å²) in [6, 6.07) is 5.36. The summed E-state index contributed by atoms with van der Waals surface area (Å²) in [6.45, 7) is 0. The molecule has 0 radical (unpaired) electrons. The molecule has 0 bridgehead atoms. The van der Waals surface area contributed by atoms with Crippen LogP contribution in [0.1, 0.15) is 17.2 Å². The molecule has 3 rings (SSSR count). The lowest BCUT2D eigenvalue weighted by Gasteiger charge is -2.09. The van der Waals surface area contributed by atoms with Crippen LogP contribution in [-0.4, -0.2) is 9.55 Å². The maximum Gasteiger partial charge on any atom is 0.177 e. The lowest BCUT2D eigenvalue weighted by atomic mass is 10.1. The SMILES string of the molecule is Fc1ccc2c(c1)CC(n1cc[nH]c1=S)C2. The van der Waals surface area contributed by atoms with E-state index in [1.165, 1.54) is 11.6 Å². The number of aromatic nitrogens is 2. The lowest BCUT2D eigenvalue weighted by molar-refractivity contribution is 0.522. The number of fused-ring (bicyclic) bond motifs is 1. The number of halogens is 1. The highest BCUT2D eigenvalue weighted by atomic mass is 32.1. The van der Waals surface area contributed by atoms with Crippen LogP contribution in [0.5, 0.6) is 0 Å². The molecule has 1 aliphatic carbocycles. The van der Waals surface area contributed by atoms with Crippen molar-refractivity contribution in [1.29, 1.82) is 0 Å². The Morgan fingerprint density at radius 2 is 2.12 bits per heavy atom. The van der Waals surface area contributed by atoms with E-state index in [-0.39, 0.29) is 5.82 Å². The number of nitrogens with zero attached hydrogens (tertiary/aromatic N) is 1. The maximum atomic E-state index is 13.1. The minimum atomic E-state index is -0.155. The first-order valence-electron chi connectivity index (χ1n) is 5.27. The van der Waals surface area contributed by atoms with Gasteiger partial charge in [-0.15, -0.1) is 0 Å². The number of aromatic amines is 1. The van der Waals surface area contributed by atoms with Gasteiger partial charge >= 0.3 is 0 Å². The molecule has 0 spiro atoms. The summed E-state index contributed by atoms with van der Waals surface area (Å²) < 4.78 is 15.9. The standard InChI is InChI=1S/C12H11FN2S/c13-10-2-1-8-6-11(7-9(8)5-10)15-4-3-14-12(15)16/h1-5,11H,6-7H2,(H,14,16). The summed E-state index contributed by atoms with van der Waals surface area (Å²) in [5.74, 6) is -0.155. The largest absolute Gasteiger partial charge is 0.337 e. The zero-order valence-electron chi connectivity index (χ0n) is 8.61. The predicted octanol–water partition coefficient (Wildman–Crippen LogP) is 3.02. The minimum absolute atomic E-state index is 0.155. The van der Waals surface area contributed by atoms with Crippen LogP contribution < -0.4 is 0 Å². The monoisotopic (exact) mass is 234 g/mol. The molecule has 0 fully saturated rings. The average Bonchev–Trinajstić information content (AvgIpc) is 2.82. The fourth-order valence-corrected chi connectivity index (χ4v) is 2.66. The number of nitrogens with one attached hydrogen (secondary N) is 1. The third kappa shape index (κ3) is 1.50. The zero-order valence-corrected chi connectivity index (χ0v) is 9.43. The second-order valence-electron chi connectivity index (χ2n) is 4.15. The molecule has 1 aromatic heterocycles. The fourth-order valence-electron chi connectivity index (χ4n) is 2.38. The van der Waals surface area contributed by atoms with Gasteiger partial charge in [0.05, 0.1) is 0 Å². The summed E-state index contributed by atoms with van der Waals surface area (Å²) in [5.41, 5.74) is 2.34. The second-order valence-corrected chi connectivity index (χ2v) is 4.53. The molecule has 1 N–H and O–H groups in total. The highest BCUT2D eigenvalue weighted by molar-refractivity contribution is 7.71. The van der Waals surface area contributed by atoms with Gasteiger partial charge < -0.3 is 9.55 Å². The Morgan fingerprint density at radius 3 is 2.88 bits per heavy atom. The Labute approximate surface area is 97.7 Å². The molecule has 0 saturated carbocycles. The van der Waals surface area contributed by atoms with Gasteiger partial charge in [-0.1, -0.05) is 6.07 Å². The first kappa shape index (κ1) is 9.78. The molecule has 16 heavy (non-hydrogen) atoms. The van der Waals surface area contributed by atoms with Gasteiger partial charge in [-0.3, -0.25) is 0 Å². The van der Waals surface area contributed by atoms with Crippen molar-refractivity contribution in [2.45, 2.75) is 18.9 Å². The first-order valence-corrected chi connectivity index (χ1v) is 5.68. The van der Waals surface area contributed by atoms with E-state index in [0.717, 1.165) is 23.2 Å². The highest BCUT2D eigenvalue weighted by Gasteiger charge is 2.23. The molecule has 0 aliphatic heterocycles. The summed E-state index contributed by atoms with van der Waals surface area (Å²) in [6.07, 6.45) is 5.59. The molecule has 2 aromatic rings. The Hall–Kier alpha value is -1.42. The van der Waals surface area contributed by atoms with Crippen molar-refractivity contribution in [3.8, 4) is 0 Å². The van der Waals surface area contributed by atoms with Gasteiger partial charge in [0.15, 0.2) is 4.77 Å². The van der Waals surface area contributed by atoms with Crippen LogP contribution in [0, 0.1) is 10.6 Å². The molecule has 1 atom stereocenters. The Kier molecular flexibility index (Phi) is 2.17. The van der Waals surface area contributed by atoms with Gasteiger partial charge in [-0.05, 0) is 48.3 Å². The fraction of sp³-hybridized carbons (Fsp3) is 0.250. The van der Waals surface area contributed by atoms with Crippen molar-refractivity contribution in [1.82, 2.24) is 9.55 Å². The minimum Gasteiger partial charge on any atom is -0.337 e. The Balaban J connectivity index is 1.97. The molecule has 2 nitrogen and oxygen atoms in total. The van der Waals surface area contributed by atoms with Crippen LogP contribution in [-0.2, 0) is 12.8 Å². The van der Waals surface area contributed by atoms with E-state index in [1.807, 2.05) is 23.0 Å². The van der Waals surface area contributed by atoms with Crippen LogP contribution in [0.15, 0.2) is 30.6 Å². The van der Waals surface area contributed by atoms with Crippen molar-refractivity contribution in [3.63, 3.8) is 0 Å². The van der Waals surface area contributed by atoms with E-state index in [0.29, 0.717) is 6.04 Å². The summed E-state index contributed by atoms with van der Waals surface area (Å²) >= 11 is 5.19. The predicted molar refractivity (Wildman–Crippen MR) is 62.5 cm³/mol. The molecular weight excluding hydrogens is 223 g/mol. The van der Waals surface area contributed by atoms with Gasteiger partial charge in [-0.2, -0.15) is 0 Å². The van der Waals surface area contributed by atoms with Crippen LogP contribution >= 0.6 is 12.2 Å². The summed E-state index contributed by atoms with van der Waals surface area (Å²) in [7, 11) is 0. The van der Waals surface area contributed by atoms with E-state index in [2.05, 4.69) is 4.98 Å². The molecule has 4 heteroatoms. The number of H-pyrrole nitrogens is 1. The molecule has 1 unspecified atom stereocenters. The van der Waals surface area contributed by atoms with Crippen molar-refractivity contribution in [2.75, 3.05) is 0 Å². The maximum absolute atomic E-state index is 13.1. The number of rotatable bonds is 1. The number of hydrogen-bond acceptors (Lipinski definition) is 1. The van der Waals surface area contributed by atoms with Crippen molar-refractivity contribution in [3.05, 3.63) is 52.3 Å². The third-order valence-electron chi connectivity index (χ3n) is 3.15. The smallest absolute Gasteiger partial charge is 0.177 e. The first-order chi connectivity index (χ1) is 7.74. The summed E-state index contributed by atoms with van der Waals surface area (Å²) in [4.78, 5) is 2.99. The Morgan fingerprint density at radius 1 is 1.31 bits per heavy atom. The number of benzene rings is 1. The molecule has 1 aromatic carbocycles. The third-order valence-corrected chi connectivity index (χ3v) is 3.48. The van der Waals surface area contributed by atoms with E-state index in [4.69, 9.17) is 12.2 Å². The van der Waals surface area contributed by atoms with Gasteiger partial charge in [0.2, 0.25) is 0 Å². The van der Waals surface area contributed by atoms with E-state index >= 15 is 0 Å².